The van der Waals surface area contributed by atoms with Crippen LogP contribution in [-0.2, 0) is 0 Å². The highest BCUT2D eigenvalue weighted by Crippen LogP contribution is 2.38. The van der Waals surface area contributed by atoms with E-state index in [9.17, 15) is 9.50 Å². The van der Waals surface area contributed by atoms with Crippen LogP contribution < -0.4 is 0 Å². The zero-order valence-electron chi connectivity index (χ0n) is 13.3. The fourth-order valence-electron chi connectivity index (χ4n) is 3.06. The molecule has 3 rings (SSSR count). The average Bonchev–Trinajstić information content (AvgIpc) is 2.57. The third kappa shape index (κ3) is 3.94. The summed E-state index contributed by atoms with van der Waals surface area (Å²) in [5.41, 5.74) is 0.912. The predicted octanol–water partition coefficient (Wildman–Crippen LogP) is 4.35. The van der Waals surface area contributed by atoms with Gasteiger partial charge in [-0.15, -0.1) is 0 Å². The topological polar surface area (TPSA) is 23.5 Å². The van der Waals surface area contributed by atoms with Gasteiger partial charge in [0.1, 0.15) is 5.82 Å². The van der Waals surface area contributed by atoms with Crippen molar-refractivity contribution in [2.75, 3.05) is 20.1 Å². The number of aliphatic hydroxyl groups is 1. The first-order valence-electron chi connectivity index (χ1n) is 8.03. The monoisotopic (exact) mass is 331 g/mol. The van der Waals surface area contributed by atoms with Crippen molar-refractivity contribution < 1.29 is 9.50 Å². The number of halogens is 1. The molecule has 1 saturated heterocycles. The Bertz CT molecular complexity index is 655. The predicted molar refractivity (Wildman–Crippen MR) is 92.1 cm³/mol. The smallest absolute Gasteiger partial charge is 0.137 e. The van der Waals surface area contributed by atoms with Crippen LogP contribution in [0.3, 0.4) is 0 Å². The Morgan fingerprint density at radius 3 is 2.35 bits per heavy atom. The number of aliphatic hydroxyl groups excluding tert-OH is 1. The van der Waals surface area contributed by atoms with Gasteiger partial charge in [0.25, 0.3) is 0 Å². The van der Waals surface area contributed by atoms with Crippen molar-refractivity contribution in [1.82, 2.24) is 4.90 Å². The summed E-state index contributed by atoms with van der Waals surface area (Å²) in [5.74, 6) is 0.0506. The standard InChI is InChI=1S/C19H22FNOS/c1-21-12-10-14(11-13-21)19(22)15-6-2-4-8-17(15)23-18-9-5-3-7-16(18)20/h2-9,14,19,22H,10-13H2,1H3/t19-/m0/s1. The van der Waals surface area contributed by atoms with Gasteiger partial charge in [0.2, 0.25) is 0 Å². The summed E-state index contributed by atoms with van der Waals surface area (Å²) in [6, 6.07) is 14.6. The van der Waals surface area contributed by atoms with Crippen LogP contribution in [0.15, 0.2) is 58.3 Å². The largest absolute Gasteiger partial charge is 0.388 e. The molecule has 0 unspecified atom stereocenters. The van der Waals surface area contributed by atoms with Crippen molar-refractivity contribution in [3.8, 4) is 0 Å². The Labute approximate surface area is 141 Å². The summed E-state index contributed by atoms with van der Waals surface area (Å²) in [6.45, 7) is 2.04. The van der Waals surface area contributed by atoms with Gasteiger partial charge in [0.15, 0.2) is 0 Å². The molecule has 0 saturated carbocycles. The molecule has 0 aromatic heterocycles. The van der Waals surface area contributed by atoms with E-state index >= 15 is 0 Å². The molecule has 4 heteroatoms. The number of piperidine rings is 1. The summed E-state index contributed by atoms with van der Waals surface area (Å²) in [7, 11) is 2.12. The summed E-state index contributed by atoms with van der Waals surface area (Å²) >= 11 is 1.39. The number of benzene rings is 2. The fourth-order valence-corrected chi connectivity index (χ4v) is 4.06. The number of hydrogen-bond donors (Lipinski definition) is 1. The van der Waals surface area contributed by atoms with Gasteiger partial charge < -0.3 is 10.0 Å². The lowest BCUT2D eigenvalue weighted by molar-refractivity contribution is 0.0639. The molecule has 1 atom stereocenters. The number of likely N-dealkylation sites (tertiary alicyclic amines) is 1. The SMILES string of the molecule is CN1CCC([C@H](O)c2ccccc2Sc2ccccc2F)CC1. The highest BCUT2D eigenvalue weighted by molar-refractivity contribution is 7.99. The molecule has 0 bridgehead atoms. The molecule has 1 heterocycles. The van der Waals surface area contributed by atoms with Gasteiger partial charge in [-0.1, -0.05) is 42.1 Å². The van der Waals surface area contributed by atoms with E-state index in [1.807, 2.05) is 30.3 Å². The van der Waals surface area contributed by atoms with Crippen LogP contribution in [0.1, 0.15) is 24.5 Å². The molecule has 0 aliphatic carbocycles. The molecular formula is C19H22FNOS. The van der Waals surface area contributed by atoms with Crippen molar-refractivity contribution in [1.29, 1.82) is 0 Å². The van der Waals surface area contributed by atoms with Gasteiger partial charge in [0, 0.05) is 9.79 Å². The van der Waals surface area contributed by atoms with Gasteiger partial charge in [-0.25, -0.2) is 4.39 Å². The van der Waals surface area contributed by atoms with Crippen molar-refractivity contribution in [3.63, 3.8) is 0 Å². The molecule has 1 N–H and O–H groups in total. The molecule has 1 aliphatic rings. The van der Waals surface area contributed by atoms with Crippen molar-refractivity contribution in [3.05, 3.63) is 59.9 Å². The third-order valence-electron chi connectivity index (χ3n) is 4.50. The van der Waals surface area contributed by atoms with Crippen molar-refractivity contribution >= 4 is 11.8 Å². The summed E-state index contributed by atoms with van der Waals surface area (Å²) in [5, 5.41) is 10.8. The highest BCUT2D eigenvalue weighted by Gasteiger charge is 2.26. The quantitative estimate of drug-likeness (QED) is 0.901. The van der Waals surface area contributed by atoms with Crippen LogP contribution in [-0.4, -0.2) is 30.1 Å². The lowest BCUT2D eigenvalue weighted by Gasteiger charge is -2.32. The van der Waals surface area contributed by atoms with E-state index in [1.54, 1.807) is 12.1 Å². The average molecular weight is 331 g/mol. The van der Waals surface area contributed by atoms with E-state index < -0.39 is 6.10 Å². The number of rotatable bonds is 4. The minimum atomic E-state index is -0.487. The zero-order valence-corrected chi connectivity index (χ0v) is 14.1. The Hall–Kier alpha value is -1.36. The normalized spacial score (nSPS) is 18.0. The molecule has 2 aromatic rings. The van der Waals surface area contributed by atoms with E-state index in [-0.39, 0.29) is 11.7 Å². The van der Waals surface area contributed by atoms with E-state index in [2.05, 4.69) is 11.9 Å². The zero-order chi connectivity index (χ0) is 16.2. The van der Waals surface area contributed by atoms with Gasteiger partial charge in [-0.05, 0) is 62.7 Å². The highest BCUT2D eigenvalue weighted by atomic mass is 32.2. The molecule has 2 nitrogen and oxygen atoms in total. The van der Waals surface area contributed by atoms with E-state index in [0.29, 0.717) is 4.90 Å². The van der Waals surface area contributed by atoms with Gasteiger partial charge >= 0.3 is 0 Å². The van der Waals surface area contributed by atoms with Crippen LogP contribution in [0.5, 0.6) is 0 Å². The molecule has 122 valence electrons. The first-order valence-corrected chi connectivity index (χ1v) is 8.84. The maximum Gasteiger partial charge on any atom is 0.137 e. The van der Waals surface area contributed by atoms with Crippen LogP contribution in [0.25, 0.3) is 0 Å². The van der Waals surface area contributed by atoms with E-state index in [0.717, 1.165) is 36.4 Å². The number of nitrogens with zero attached hydrogens (tertiary/aromatic N) is 1. The van der Waals surface area contributed by atoms with Crippen LogP contribution in [0, 0.1) is 11.7 Å². The molecular weight excluding hydrogens is 309 g/mol. The van der Waals surface area contributed by atoms with Crippen LogP contribution >= 0.6 is 11.8 Å². The fraction of sp³-hybridized carbons (Fsp3) is 0.368. The summed E-state index contributed by atoms with van der Waals surface area (Å²) < 4.78 is 13.9. The minimum Gasteiger partial charge on any atom is -0.388 e. The van der Waals surface area contributed by atoms with E-state index in [4.69, 9.17) is 0 Å². The van der Waals surface area contributed by atoms with Crippen molar-refractivity contribution in [2.45, 2.75) is 28.7 Å². The van der Waals surface area contributed by atoms with Gasteiger partial charge in [-0.2, -0.15) is 0 Å². The van der Waals surface area contributed by atoms with Crippen molar-refractivity contribution in [2.24, 2.45) is 5.92 Å². The molecule has 2 aromatic carbocycles. The second kappa shape index (κ2) is 7.47. The van der Waals surface area contributed by atoms with Gasteiger partial charge in [0.05, 0.1) is 6.10 Å². The maximum absolute atomic E-state index is 13.9. The Morgan fingerprint density at radius 1 is 1.04 bits per heavy atom. The first-order chi connectivity index (χ1) is 11.1. The first kappa shape index (κ1) is 16.5. The van der Waals surface area contributed by atoms with Crippen LogP contribution in [0.4, 0.5) is 4.39 Å². The molecule has 1 fully saturated rings. The van der Waals surface area contributed by atoms with Gasteiger partial charge in [-0.3, -0.25) is 0 Å². The van der Waals surface area contributed by atoms with E-state index in [1.165, 1.54) is 17.8 Å². The van der Waals surface area contributed by atoms with Crippen LogP contribution in [0.2, 0.25) is 0 Å². The molecule has 23 heavy (non-hydrogen) atoms. The minimum absolute atomic E-state index is 0.221. The third-order valence-corrected chi connectivity index (χ3v) is 5.65. The number of hydrogen-bond acceptors (Lipinski definition) is 3. The molecule has 1 aliphatic heterocycles. The summed E-state index contributed by atoms with van der Waals surface area (Å²) in [4.78, 5) is 3.82. The molecule has 0 spiro atoms. The maximum atomic E-state index is 13.9. The lowest BCUT2D eigenvalue weighted by Crippen LogP contribution is -2.32. The Morgan fingerprint density at radius 2 is 1.65 bits per heavy atom. The Kier molecular flexibility index (Phi) is 5.36. The second-order valence-electron chi connectivity index (χ2n) is 6.16. The lowest BCUT2D eigenvalue weighted by atomic mass is 9.87. The molecule has 0 radical (unpaired) electrons. The molecule has 0 amide bonds. The summed E-state index contributed by atoms with van der Waals surface area (Å²) in [6.07, 6.45) is 1.51. The second-order valence-corrected chi connectivity index (χ2v) is 7.24. The Balaban J connectivity index is 1.81.